The number of benzene rings is 1. The van der Waals surface area contributed by atoms with Crippen molar-refractivity contribution in [2.45, 2.75) is 30.3 Å². The fraction of sp³-hybridized carbons (Fsp3) is 0.533. The molecule has 0 bridgehead atoms. The van der Waals surface area contributed by atoms with Crippen LogP contribution in [0.5, 0.6) is 0 Å². The second-order valence-corrected chi connectivity index (χ2v) is 6.24. The smallest absolute Gasteiger partial charge is 0.230 e. The van der Waals surface area contributed by atoms with Crippen molar-refractivity contribution in [3.05, 3.63) is 34.9 Å². The van der Waals surface area contributed by atoms with Gasteiger partial charge in [-0.25, -0.2) is 0 Å². The van der Waals surface area contributed by atoms with Crippen LogP contribution in [0.15, 0.2) is 24.3 Å². The van der Waals surface area contributed by atoms with E-state index in [1.807, 2.05) is 24.3 Å². The average Bonchev–Trinajstić information content (AvgIpc) is 3.14. The topological polar surface area (TPSA) is 58.6 Å². The summed E-state index contributed by atoms with van der Waals surface area (Å²) >= 11 is 5.88. The molecule has 1 heterocycles. The maximum absolute atomic E-state index is 12.4. The standard InChI is InChI=1S/C15H18ClNO3/c16-12-3-1-11(2-4-12)15(5-6-15)13(18)17-9-14(19)7-8-20-10-14/h1-4,19H,5-10H2,(H,17,18). The highest BCUT2D eigenvalue weighted by atomic mass is 35.5. The number of ether oxygens (including phenoxy) is 1. The summed E-state index contributed by atoms with van der Waals surface area (Å²) in [6.07, 6.45) is 2.26. The van der Waals surface area contributed by atoms with E-state index < -0.39 is 11.0 Å². The van der Waals surface area contributed by atoms with Gasteiger partial charge in [-0.05, 0) is 30.5 Å². The number of rotatable bonds is 4. The lowest BCUT2D eigenvalue weighted by atomic mass is 9.94. The Morgan fingerprint density at radius 3 is 2.55 bits per heavy atom. The van der Waals surface area contributed by atoms with E-state index in [1.54, 1.807) is 0 Å². The van der Waals surface area contributed by atoms with E-state index in [0.717, 1.165) is 18.4 Å². The Morgan fingerprint density at radius 1 is 1.30 bits per heavy atom. The van der Waals surface area contributed by atoms with Crippen LogP contribution in [0.25, 0.3) is 0 Å². The average molecular weight is 296 g/mol. The zero-order valence-corrected chi connectivity index (χ0v) is 11.9. The van der Waals surface area contributed by atoms with E-state index >= 15 is 0 Å². The number of halogens is 1. The first-order valence-corrected chi connectivity index (χ1v) is 7.26. The minimum Gasteiger partial charge on any atom is -0.386 e. The first-order valence-electron chi connectivity index (χ1n) is 6.89. The highest BCUT2D eigenvalue weighted by Gasteiger charge is 2.51. The molecule has 1 atom stereocenters. The van der Waals surface area contributed by atoms with Gasteiger partial charge in [0.2, 0.25) is 5.91 Å². The Hall–Kier alpha value is -1.10. The van der Waals surface area contributed by atoms with Crippen molar-refractivity contribution in [3.8, 4) is 0 Å². The number of aliphatic hydroxyl groups is 1. The molecule has 3 rings (SSSR count). The minimum atomic E-state index is -0.911. The summed E-state index contributed by atoms with van der Waals surface area (Å²) in [4.78, 5) is 12.4. The molecule has 20 heavy (non-hydrogen) atoms. The maximum Gasteiger partial charge on any atom is 0.230 e. The molecule has 1 amide bonds. The van der Waals surface area contributed by atoms with Crippen molar-refractivity contribution in [1.82, 2.24) is 5.32 Å². The monoisotopic (exact) mass is 295 g/mol. The molecule has 0 radical (unpaired) electrons. The third-order valence-corrected chi connectivity index (χ3v) is 4.49. The molecule has 108 valence electrons. The first-order chi connectivity index (χ1) is 9.54. The van der Waals surface area contributed by atoms with Crippen molar-refractivity contribution >= 4 is 17.5 Å². The summed E-state index contributed by atoms with van der Waals surface area (Å²) in [7, 11) is 0. The molecule has 2 N–H and O–H groups in total. The van der Waals surface area contributed by atoms with E-state index in [2.05, 4.69) is 5.32 Å². The summed E-state index contributed by atoms with van der Waals surface area (Å²) in [5.41, 5.74) is -0.347. The van der Waals surface area contributed by atoms with Crippen molar-refractivity contribution in [2.24, 2.45) is 0 Å². The highest BCUT2D eigenvalue weighted by Crippen LogP contribution is 2.48. The number of carbonyl (C=O) groups is 1. The molecule has 0 spiro atoms. The van der Waals surface area contributed by atoms with Gasteiger partial charge in [0, 0.05) is 24.6 Å². The molecule has 5 heteroatoms. The molecule has 1 unspecified atom stereocenters. The lowest BCUT2D eigenvalue weighted by molar-refractivity contribution is -0.124. The summed E-state index contributed by atoms with van der Waals surface area (Å²) in [5.74, 6) is -0.0138. The number of hydrogen-bond donors (Lipinski definition) is 2. The van der Waals surface area contributed by atoms with Crippen LogP contribution in [0.4, 0.5) is 0 Å². The van der Waals surface area contributed by atoms with Crippen molar-refractivity contribution < 1.29 is 14.6 Å². The van der Waals surface area contributed by atoms with Crippen LogP contribution in [-0.2, 0) is 14.9 Å². The fourth-order valence-corrected chi connectivity index (χ4v) is 2.82. The van der Waals surface area contributed by atoms with Crippen LogP contribution in [0, 0.1) is 0 Å². The number of nitrogens with one attached hydrogen (secondary N) is 1. The van der Waals surface area contributed by atoms with Gasteiger partial charge in [-0.15, -0.1) is 0 Å². The van der Waals surface area contributed by atoms with Gasteiger partial charge in [0.15, 0.2) is 0 Å². The predicted octanol–water partition coefficient (Wildman–Crippen LogP) is 1.64. The quantitative estimate of drug-likeness (QED) is 0.888. The van der Waals surface area contributed by atoms with Crippen molar-refractivity contribution in [3.63, 3.8) is 0 Å². The lowest BCUT2D eigenvalue weighted by Gasteiger charge is -2.23. The lowest BCUT2D eigenvalue weighted by Crippen LogP contribution is -2.46. The third kappa shape index (κ3) is 2.55. The van der Waals surface area contributed by atoms with Gasteiger partial charge in [-0.2, -0.15) is 0 Å². The van der Waals surface area contributed by atoms with Crippen LogP contribution in [0.2, 0.25) is 5.02 Å². The third-order valence-electron chi connectivity index (χ3n) is 4.24. The van der Waals surface area contributed by atoms with E-state index in [4.69, 9.17) is 16.3 Å². The van der Waals surface area contributed by atoms with E-state index in [1.165, 1.54) is 0 Å². The summed E-state index contributed by atoms with van der Waals surface area (Å²) in [5, 5.41) is 13.7. The Kier molecular flexibility index (Phi) is 3.48. The molecule has 0 aromatic heterocycles. The molecule has 1 aliphatic heterocycles. The summed E-state index contributed by atoms with van der Waals surface area (Å²) in [6.45, 7) is 1.09. The normalized spacial score (nSPS) is 27.3. The largest absolute Gasteiger partial charge is 0.386 e. The number of hydrogen-bond acceptors (Lipinski definition) is 3. The molecular weight excluding hydrogens is 278 g/mol. The highest BCUT2D eigenvalue weighted by molar-refractivity contribution is 6.30. The van der Waals surface area contributed by atoms with Gasteiger partial charge in [-0.3, -0.25) is 4.79 Å². The molecule has 1 aromatic carbocycles. The molecule has 1 aromatic rings. The summed E-state index contributed by atoms with van der Waals surface area (Å²) in [6, 6.07) is 7.43. The fourth-order valence-electron chi connectivity index (χ4n) is 2.69. The molecule has 2 aliphatic rings. The van der Waals surface area contributed by atoms with Gasteiger partial charge in [0.1, 0.15) is 5.60 Å². The molecule has 1 saturated carbocycles. The molecule has 4 nitrogen and oxygen atoms in total. The Morgan fingerprint density at radius 2 is 2.00 bits per heavy atom. The Balaban J connectivity index is 1.66. The van der Waals surface area contributed by atoms with Crippen LogP contribution in [-0.4, -0.2) is 36.4 Å². The van der Waals surface area contributed by atoms with Crippen LogP contribution < -0.4 is 5.32 Å². The van der Waals surface area contributed by atoms with Crippen LogP contribution in [0.1, 0.15) is 24.8 Å². The number of carbonyl (C=O) groups excluding carboxylic acids is 1. The predicted molar refractivity (Wildman–Crippen MR) is 75.8 cm³/mol. The van der Waals surface area contributed by atoms with Crippen molar-refractivity contribution in [2.75, 3.05) is 19.8 Å². The molecule has 2 fully saturated rings. The van der Waals surface area contributed by atoms with E-state index in [-0.39, 0.29) is 12.5 Å². The zero-order valence-electron chi connectivity index (χ0n) is 11.2. The summed E-state index contributed by atoms with van der Waals surface area (Å²) < 4.78 is 5.18. The SMILES string of the molecule is O=C(NCC1(O)CCOC1)C1(c2ccc(Cl)cc2)CC1. The van der Waals surface area contributed by atoms with Gasteiger partial charge < -0.3 is 15.2 Å². The van der Waals surface area contributed by atoms with Crippen molar-refractivity contribution in [1.29, 1.82) is 0 Å². The Labute approximate surface area is 123 Å². The van der Waals surface area contributed by atoms with Crippen LogP contribution in [0.3, 0.4) is 0 Å². The second-order valence-electron chi connectivity index (χ2n) is 5.80. The van der Waals surface area contributed by atoms with Gasteiger partial charge in [0.25, 0.3) is 0 Å². The van der Waals surface area contributed by atoms with Gasteiger partial charge in [0.05, 0.1) is 12.0 Å². The van der Waals surface area contributed by atoms with Gasteiger partial charge >= 0.3 is 0 Å². The van der Waals surface area contributed by atoms with E-state index in [0.29, 0.717) is 24.7 Å². The molecular formula is C15H18ClNO3. The molecule has 1 aliphatic carbocycles. The maximum atomic E-state index is 12.4. The van der Waals surface area contributed by atoms with Crippen LogP contribution >= 0.6 is 11.6 Å². The van der Waals surface area contributed by atoms with Gasteiger partial charge in [-0.1, -0.05) is 23.7 Å². The Bertz CT molecular complexity index is 504. The first kappa shape index (κ1) is 13.9. The number of amides is 1. The molecule has 1 saturated heterocycles. The zero-order chi connectivity index (χ0) is 14.2. The van der Waals surface area contributed by atoms with E-state index in [9.17, 15) is 9.90 Å². The minimum absolute atomic E-state index is 0.0138. The second kappa shape index (κ2) is 5.02.